The fraction of sp³-hybridized carbons (Fsp3) is 0.125. The van der Waals surface area contributed by atoms with Crippen molar-refractivity contribution >= 4 is 16.9 Å². The number of carbonyl (C=O) groups excluding carboxylic acids is 1. The molecule has 0 amide bonds. The maximum Gasteiger partial charge on any atom is 0.229 e. The first kappa shape index (κ1) is 11.7. The zero-order valence-corrected chi connectivity index (χ0v) is 10.9. The van der Waals surface area contributed by atoms with Crippen molar-refractivity contribution in [3.8, 4) is 11.3 Å². The Morgan fingerprint density at radius 3 is 2.58 bits per heavy atom. The Balaban J connectivity index is 2.31. The van der Waals surface area contributed by atoms with E-state index in [4.69, 9.17) is 0 Å². The maximum absolute atomic E-state index is 11.9. The van der Waals surface area contributed by atoms with Crippen molar-refractivity contribution in [3.63, 3.8) is 0 Å². The highest BCUT2D eigenvalue weighted by Crippen LogP contribution is 2.27. The molecule has 0 aliphatic rings. The Morgan fingerprint density at radius 1 is 1.16 bits per heavy atom. The third-order valence-corrected chi connectivity index (χ3v) is 3.22. The van der Waals surface area contributed by atoms with Crippen molar-refractivity contribution < 1.29 is 4.79 Å². The molecule has 0 radical (unpaired) electrons. The molecule has 0 spiro atoms. The van der Waals surface area contributed by atoms with Gasteiger partial charge in [-0.2, -0.15) is 0 Å². The van der Waals surface area contributed by atoms with Gasteiger partial charge in [0.1, 0.15) is 5.65 Å². The molecule has 94 valence electrons. The van der Waals surface area contributed by atoms with Crippen molar-refractivity contribution in [1.29, 1.82) is 0 Å². The Hall–Kier alpha value is -2.42. The van der Waals surface area contributed by atoms with Crippen LogP contribution in [-0.2, 0) is 0 Å². The van der Waals surface area contributed by atoms with Crippen molar-refractivity contribution in [1.82, 2.24) is 9.55 Å². The molecule has 0 atom stereocenters. The van der Waals surface area contributed by atoms with Gasteiger partial charge in [0.15, 0.2) is 0 Å². The van der Waals surface area contributed by atoms with Crippen LogP contribution in [0.1, 0.15) is 17.3 Å². The monoisotopic (exact) mass is 250 g/mol. The largest absolute Gasteiger partial charge is 0.274 e. The number of aromatic nitrogens is 2. The quantitative estimate of drug-likeness (QED) is 0.660. The smallest absolute Gasteiger partial charge is 0.229 e. The van der Waals surface area contributed by atoms with Crippen LogP contribution in [0.3, 0.4) is 0 Å². The van der Waals surface area contributed by atoms with Crippen LogP contribution in [0.2, 0.25) is 0 Å². The van der Waals surface area contributed by atoms with Crippen LogP contribution >= 0.6 is 0 Å². The topological polar surface area (TPSA) is 34.9 Å². The zero-order valence-electron chi connectivity index (χ0n) is 10.9. The normalized spacial score (nSPS) is 10.8. The molecular weight excluding hydrogens is 236 g/mol. The lowest BCUT2D eigenvalue weighted by atomic mass is 10.1. The molecule has 0 aliphatic carbocycles. The molecule has 3 aromatic rings. The van der Waals surface area contributed by atoms with Gasteiger partial charge < -0.3 is 0 Å². The fourth-order valence-electron chi connectivity index (χ4n) is 2.29. The van der Waals surface area contributed by atoms with E-state index in [1.54, 1.807) is 17.7 Å². The van der Waals surface area contributed by atoms with Crippen LogP contribution < -0.4 is 0 Å². The van der Waals surface area contributed by atoms with E-state index >= 15 is 0 Å². The number of benzene rings is 1. The van der Waals surface area contributed by atoms with E-state index in [9.17, 15) is 4.79 Å². The zero-order chi connectivity index (χ0) is 13.4. The first-order chi connectivity index (χ1) is 9.16. The second kappa shape index (κ2) is 4.35. The number of nitrogens with zero attached hydrogens (tertiary/aromatic N) is 2. The van der Waals surface area contributed by atoms with Crippen LogP contribution in [0.25, 0.3) is 22.3 Å². The predicted molar refractivity (Wildman–Crippen MR) is 76.2 cm³/mol. The average Bonchev–Trinajstić information content (AvgIpc) is 2.78. The van der Waals surface area contributed by atoms with Gasteiger partial charge in [0, 0.05) is 18.5 Å². The van der Waals surface area contributed by atoms with E-state index in [2.05, 4.69) is 4.98 Å². The number of hydrogen-bond donors (Lipinski definition) is 0. The number of pyridine rings is 1. The highest BCUT2D eigenvalue weighted by molar-refractivity contribution is 5.95. The third kappa shape index (κ3) is 1.93. The summed E-state index contributed by atoms with van der Waals surface area (Å²) in [5, 5.41) is 0.980. The van der Waals surface area contributed by atoms with E-state index in [1.165, 1.54) is 5.56 Å². The van der Waals surface area contributed by atoms with Gasteiger partial charge in [0.05, 0.1) is 5.69 Å². The van der Waals surface area contributed by atoms with Gasteiger partial charge in [0.25, 0.3) is 0 Å². The summed E-state index contributed by atoms with van der Waals surface area (Å²) in [6.45, 7) is 3.61. The number of carbonyl (C=O) groups is 1. The molecule has 2 aromatic heterocycles. The van der Waals surface area contributed by atoms with E-state index in [-0.39, 0.29) is 5.91 Å². The van der Waals surface area contributed by atoms with Crippen molar-refractivity contribution in [2.45, 2.75) is 13.8 Å². The van der Waals surface area contributed by atoms with Crippen molar-refractivity contribution in [2.24, 2.45) is 0 Å². The molecule has 3 rings (SSSR count). The number of aryl methyl sites for hydroxylation is 1. The van der Waals surface area contributed by atoms with Gasteiger partial charge in [-0.15, -0.1) is 0 Å². The molecule has 0 bridgehead atoms. The van der Waals surface area contributed by atoms with Crippen molar-refractivity contribution in [3.05, 3.63) is 54.2 Å². The summed E-state index contributed by atoms with van der Waals surface area (Å²) >= 11 is 0. The van der Waals surface area contributed by atoms with E-state index in [0.717, 1.165) is 16.6 Å². The first-order valence-corrected chi connectivity index (χ1v) is 6.21. The Kier molecular flexibility index (Phi) is 2.67. The predicted octanol–water partition coefficient (Wildman–Crippen LogP) is 3.67. The van der Waals surface area contributed by atoms with Crippen LogP contribution in [0.5, 0.6) is 0 Å². The van der Waals surface area contributed by atoms with Gasteiger partial charge >= 0.3 is 0 Å². The summed E-state index contributed by atoms with van der Waals surface area (Å²) in [5.74, 6) is -0.0238. The molecule has 3 heteroatoms. The Bertz CT molecular complexity index is 754. The average molecular weight is 250 g/mol. The van der Waals surface area contributed by atoms with Gasteiger partial charge in [-0.25, -0.2) is 4.98 Å². The molecule has 0 unspecified atom stereocenters. The third-order valence-electron chi connectivity index (χ3n) is 3.22. The van der Waals surface area contributed by atoms with Gasteiger partial charge in [0.2, 0.25) is 5.91 Å². The van der Waals surface area contributed by atoms with Crippen LogP contribution in [0.15, 0.2) is 48.7 Å². The summed E-state index contributed by atoms with van der Waals surface area (Å²) < 4.78 is 1.67. The van der Waals surface area contributed by atoms with Gasteiger partial charge in [-0.1, -0.05) is 29.8 Å². The molecule has 0 saturated carbocycles. The highest BCUT2D eigenvalue weighted by atomic mass is 16.1. The van der Waals surface area contributed by atoms with E-state index < -0.39 is 0 Å². The maximum atomic E-state index is 11.9. The lowest BCUT2D eigenvalue weighted by Gasteiger charge is -2.06. The SMILES string of the molecule is CC(=O)n1c(-c2ccc(C)cc2)cc2cccnc21. The molecule has 0 N–H and O–H groups in total. The minimum Gasteiger partial charge on any atom is -0.274 e. The second-order valence-corrected chi connectivity index (χ2v) is 4.67. The fourth-order valence-corrected chi connectivity index (χ4v) is 2.29. The standard InChI is InChI=1S/C16H14N2O/c1-11-5-7-13(8-6-11)15-10-14-4-3-9-17-16(14)18(15)12(2)19/h3-10H,1-2H3. The number of rotatable bonds is 1. The van der Waals surface area contributed by atoms with Crippen molar-refractivity contribution in [2.75, 3.05) is 0 Å². The molecule has 2 heterocycles. The lowest BCUT2D eigenvalue weighted by Crippen LogP contribution is -2.07. The minimum absolute atomic E-state index is 0.0238. The highest BCUT2D eigenvalue weighted by Gasteiger charge is 2.14. The molecule has 19 heavy (non-hydrogen) atoms. The van der Waals surface area contributed by atoms with Crippen LogP contribution in [-0.4, -0.2) is 15.5 Å². The summed E-state index contributed by atoms with van der Waals surface area (Å²) in [6, 6.07) is 14.0. The van der Waals surface area contributed by atoms with Gasteiger partial charge in [-0.3, -0.25) is 9.36 Å². The first-order valence-electron chi connectivity index (χ1n) is 6.21. The number of fused-ring (bicyclic) bond motifs is 1. The molecule has 0 aliphatic heterocycles. The van der Waals surface area contributed by atoms with E-state index in [1.807, 2.05) is 49.4 Å². The Morgan fingerprint density at radius 2 is 1.89 bits per heavy atom. The molecular formula is C16H14N2O. The van der Waals surface area contributed by atoms with Gasteiger partial charge in [-0.05, 0) is 30.7 Å². The summed E-state index contributed by atoms with van der Waals surface area (Å²) in [5.41, 5.74) is 3.83. The van der Waals surface area contributed by atoms with Crippen LogP contribution in [0.4, 0.5) is 0 Å². The molecule has 3 nitrogen and oxygen atoms in total. The molecule has 0 saturated heterocycles. The summed E-state index contributed by atoms with van der Waals surface area (Å²) in [4.78, 5) is 16.2. The molecule has 0 fully saturated rings. The Labute approximate surface area is 111 Å². The lowest BCUT2D eigenvalue weighted by molar-refractivity contribution is 0.0943. The summed E-state index contributed by atoms with van der Waals surface area (Å²) in [7, 11) is 0. The number of hydrogen-bond acceptors (Lipinski definition) is 2. The minimum atomic E-state index is -0.0238. The van der Waals surface area contributed by atoms with E-state index in [0.29, 0.717) is 5.65 Å². The second-order valence-electron chi connectivity index (χ2n) is 4.67. The van der Waals surface area contributed by atoms with Crippen LogP contribution in [0, 0.1) is 6.92 Å². The molecule has 1 aromatic carbocycles. The summed E-state index contributed by atoms with van der Waals surface area (Å²) in [6.07, 6.45) is 1.71.